The molecule has 10 rings (SSSR count). The molecule has 10 aromatic rings. The Morgan fingerprint density at radius 3 is 1.63 bits per heavy atom. The zero-order valence-electron chi connectivity index (χ0n) is 29.6. The first-order valence-corrected chi connectivity index (χ1v) is 18.4. The van der Waals surface area contributed by atoms with Gasteiger partial charge in [-0.1, -0.05) is 158 Å². The monoisotopic (exact) mass is 689 g/mol. The summed E-state index contributed by atoms with van der Waals surface area (Å²) in [6, 6.07) is 75.9. The molecule has 0 unspecified atom stereocenters. The van der Waals surface area contributed by atoms with Crippen LogP contribution in [0.1, 0.15) is 0 Å². The van der Waals surface area contributed by atoms with Crippen LogP contribution < -0.4 is 4.90 Å². The molecule has 54 heavy (non-hydrogen) atoms. The Bertz CT molecular complexity index is 2940. The summed E-state index contributed by atoms with van der Waals surface area (Å²) >= 11 is 0. The van der Waals surface area contributed by atoms with Crippen molar-refractivity contribution in [3.8, 4) is 44.5 Å². The van der Waals surface area contributed by atoms with Crippen molar-refractivity contribution in [1.29, 1.82) is 0 Å². The largest absolute Gasteiger partial charge is 0.456 e. The number of rotatable bonds is 7. The molecule has 0 aliphatic heterocycles. The van der Waals surface area contributed by atoms with Crippen LogP contribution in [0.4, 0.5) is 17.1 Å². The van der Waals surface area contributed by atoms with E-state index in [4.69, 9.17) is 4.42 Å². The van der Waals surface area contributed by atoms with E-state index in [1.807, 2.05) is 12.1 Å². The quantitative estimate of drug-likeness (QED) is 0.166. The van der Waals surface area contributed by atoms with Crippen molar-refractivity contribution in [1.82, 2.24) is 0 Å². The van der Waals surface area contributed by atoms with E-state index in [2.05, 4.69) is 205 Å². The van der Waals surface area contributed by atoms with E-state index in [9.17, 15) is 0 Å². The molecular formula is C52H35NO. The maximum atomic E-state index is 6.38. The van der Waals surface area contributed by atoms with E-state index in [1.165, 1.54) is 44.2 Å². The second-order valence-corrected chi connectivity index (χ2v) is 13.7. The summed E-state index contributed by atoms with van der Waals surface area (Å²) in [5.74, 6) is 0. The van der Waals surface area contributed by atoms with Gasteiger partial charge in [-0.15, -0.1) is 0 Å². The van der Waals surface area contributed by atoms with Gasteiger partial charge in [0.15, 0.2) is 0 Å². The normalized spacial score (nSPS) is 11.3. The fourth-order valence-corrected chi connectivity index (χ4v) is 7.81. The molecule has 1 aromatic heterocycles. The van der Waals surface area contributed by atoms with Crippen molar-refractivity contribution < 1.29 is 4.42 Å². The number of benzene rings is 9. The van der Waals surface area contributed by atoms with Crippen molar-refractivity contribution >= 4 is 49.8 Å². The molecule has 0 atom stereocenters. The van der Waals surface area contributed by atoms with Crippen molar-refractivity contribution in [2.75, 3.05) is 4.90 Å². The Labute approximate surface area is 314 Å². The predicted molar refractivity (Wildman–Crippen MR) is 228 cm³/mol. The van der Waals surface area contributed by atoms with Gasteiger partial charge in [-0.3, -0.25) is 0 Å². The highest BCUT2D eigenvalue weighted by molar-refractivity contribution is 6.13. The molecule has 254 valence electrons. The van der Waals surface area contributed by atoms with Crippen LogP contribution in [0.2, 0.25) is 0 Å². The molecule has 0 amide bonds. The van der Waals surface area contributed by atoms with Crippen molar-refractivity contribution in [3.63, 3.8) is 0 Å². The lowest BCUT2D eigenvalue weighted by molar-refractivity contribution is 0.669. The molecule has 0 N–H and O–H groups in total. The summed E-state index contributed by atoms with van der Waals surface area (Å²) in [5, 5.41) is 4.71. The average molecular weight is 690 g/mol. The van der Waals surface area contributed by atoms with Crippen LogP contribution in [-0.2, 0) is 0 Å². The Morgan fingerprint density at radius 1 is 0.315 bits per heavy atom. The van der Waals surface area contributed by atoms with Crippen LogP contribution in [0.5, 0.6) is 0 Å². The molecule has 0 saturated carbocycles. The molecule has 0 aliphatic rings. The number of nitrogens with zero attached hydrogens (tertiary/aromatic N) is 1. The smallest absolute Gasteiger partial charge is 0.137 e. The second kappa shape index (κ2) is 13.4. The fraction of sp³-hybridized carbons (Fsp3) is 0. The third-order valence-corrected chi connectivity index (χ3v) is 10.5. The lowest BCUT2D eigenvalue weighted by atomic mass is 9.95. The van der Waals surface area contributed by atoms with Crippen LogP contribution in [0.25, 0.3) is 77.2 Å². The summed E-state index contributed by atoms with van der Waals surface area (Å²) in [5.41, 5.74) is 14.5. The molecule has 1 heterocycles. The minimum atomic E-state index is 0.869. The molecule has 0 fully saturated rings. The van der Waals surface area contributed by atoms with Gasteiger partial charge >= 0.3 is 0 Å². The van der Waals surface area contributed by atoms with Gasteiger partial charge in [0.2, 0.25) is 0 Å². The fourth-order valence-electron chi connectivity index (χ4n) is 7.81. The van der Waals surface area contributed by atoms with Crippen LogP contribution in [-0.4, -0.2) is 0 Å². The minimum absolute atomic E-state index is 0.869. The first-order chi connectivity index (χ1) is 26.8. The van der Waals surface area contributed by atoms with E-state index in [1.54, 1.807) is 0 Å². The molecule has 0 spiro atoms. The summed E-state index contributed by atoms with van der Waals surface area (Å²) in [4.78, 5) is 2.38. The molecule has 0 bridgehead atoms. The summed E-state index contributed by atoms with van der Waals surface area (Å²) in [7, 11) is 0. The van der Waals surface area contributed by atoms with E-state index in [-0.39, 0.29) is 0 Å². The Balaban J connectivity index is 1.05. The van der Waals surface area contributed by atoms with E-state index < -0.39 is 0 Å². The van der Waals surface area contributed by atoms with Gasteiger partial charge in [0.25, 0.3) is 0 Å². The highest BCUT2D eigenvalue weighted by atomic mass is 16.3. The molecule has 9 aromatic carbocycles. The lowest BCUT2D eigenvalue weighted by Gasteiger charge is -2.28. The molecule has 0 aliphatic carbocycles. The molecule has 2 nitrogen and oxygen atoms in total. The molecule has 0 saturated heterocycles. The summed E-state index contributed by atoms with van der Waals surface area (Å²) in [6.07, 6.45) is 0. The van der Waals surface area contributed by atoms with Gasteiger partial charge < -0.3 is 9.32 Å². The van der Waals surface area contributed by atoms with Gasteiger partial charge in [0.05, 0.1) is 16.8 Å². The Kier molecular flexibility index (Phi) is 7.85. The van der Waals surface area contributed by atoms with Crippen LogP contribution >= 0.6 is 0 Å². The molecule has 2 heteroatoms. The zero-order valence-corrected chi connectivity index (χ0v) is 29.6. The number of hydrogen-bond acceptors (Lipinski definition) is 2. The van der Waals surface area contributed by atoms with Crippen molar-refractivity contribution in [2.45, 2.75) is 0 Å². The standard InChI is InChI=1S/C52H35NO/c1-2-14-38(15-3-1)46-21-6-8-23-48(46)53(49-24-12-26-51-52(49)47-22-7-9-25-50(47)54-51)45-31-29-37(30-32-45)40-17-10-18-41(33-40)42-19-11-20-43(35-42)44-28-27-36-13-4-5-16-39(36)34-44/h1-35H. The van der Waals surface area contributed by atoms with Crippen molar-refractivity contribution in [2.24, 2.45) is 0 Å². The van der Waals surface area contributed by atoms with E-state index >= 15 is 0 Å². The lowest BCUT2D eigenvalue weighted by Crippen LogP contribution is -2.11. The number of fused-ring (bicyclic) bond motifs is 4. The van der Waals surface area contributed by atoms with Gasteiger partial charge in [-0.05, 0) is 104 Å². The van der Waals surface area contributed by atoms with E-state index in [0.717, 1.165) is 50.1 Å². The summed E-state index contributed by atoms with van der Waals surface area (Å²) in [6.45, 7) is 0. The summed E-state index contributed by atoms with van der Waals surface area (Å²) < 4.78 is 6.38. The number of furan rings is 1. The third kappa shape index (κ3) is 5.71. The number of para-hydroxylation sites is 2. The average Bonchev–Trinajstić information content (AvgIpc) is 3.64. The SMILES string of the molecule is c1ccc(-c2ccccc2N(c2ccc(-c3cccc(-c4cccc(-c5ccc6ccccc6c5)c4)c3)cc2)c2cccc3oc4ccccc4c23)cc1. The van der Waals surface area contributed by atoms with Crippen molar-refractivity contribution in [3.05, 3.63) is 212 Å². The highest BCUT2D eigenvalue weighted by Gasteiger charge is 2.21. The molecular weight excluding hydrogens is 655 g/mol. The number of hydrogen-bond donors (Lipinski definition) is 0. The first kappa shape index (κ1) is 31.6. The Morgan fingerprint density at radius 2 is 0.852 bits per heavy atom. The maximum Gasteiger partial charge on any atom is 0.137 e. The van der Waals surface area contributed by atoms with E-state index in [0.29, 0.717) is 0 Å². The topological polar surface area (TPSA) is 16.4 Å². The zero-order chi connectivity index (χ0) is 35.8. The van der Waals surface area contributed by atoms with Crippen LogP contribution in [0.3, 0.4) is 0 Å². The molecule has 0 radical (unpaired) electrons. The highest BCUT2D eigenvalue weighted by Crippen LogP contribution is 2.46. The van der Waals surface area contributed by atoms with Gasteiger partial charge in [-0.25, -0.2) is 0 Å². The minimum Gasteiger partial charge on any atom is -0.456 e. The first-order valence-electron chi connectivity index (χ1n) is 18.4. The third-order valence-electron chi connectivity index (χ3n) is 10.5. The van der Waals surface area contributed by atoms with Crippen LogP contribution in [0.15, 0.2) is 217 Å². The van der Waals surface area contributed by atoms with Gasteiger partial charge in [0, 0.05) is 16.6 Å². The van der Waals surface area contributed by atoms with Gasteiger partial charge in [0.1, 0.15) is 11.2 Å². The predicted octanol–water partition coefficient (Wildman–Crippen LogP) is 14.9. The Hall–Kier alpha value is -7.16. The number of anilines is 3. The maximum absolute atomic E-state index is 6.38. The van der Waals surface area contributed by atoms with Gasteiger partial charge in [-0.2, -0.15) is 0 Å². The second-order valence-electron chi connectivity index (χ2n) is 13.7. The van der Waals surface area contributed by atoms with Crippen LogP contribution in [0, 0.1) is 0 Å².